The van der Waals surface area contributed by atoms with Crippen LogP contribution in [0.5, 0.6) is 0 Å². The average molecular weight is 302 g/mol. The van der Waals surface area contributed by atoms with Gasteiger partial charge in [-0.2, -0.15) is 5.10 Å². The van der Waals surface area contributed by atoms with Crippen LogP contribution in [0.25, 0.3) is 22.2 Å². The van der Waals surface area contributed by atoms with E-state index in [2.05, 4.69) is 20.5 Å². The second kappa shape index (κ2) is 5.81. The summed E-state index contributed by atoms with van der Waals surface area (Å²) in [6, 6.07) is 4.55. The van der Waals surface area contributed by atoms with Gasteiger partial charge >= 0.3 is 0 Å². The Morgan fingerprint density at radius 3 is 2.55 bits per heavy atom. The fourth-order valence-electron chi connectivity index (χ4n) is 2.27. The van der Waals surface area contributed by atoms with Crippen molar-refractivity contribution in [2.45, 2.75) is 26.4 Å². The van der Waals surface area contributed by atoms with Crippen molar-refractivity contribution in [2.75, 3.05) is 0 Å². The lowest BCUT2D eigenvalue weighted by Crippen LogP contribution is -2.22. The maximum Gasteiger partial charge on any atom is 0.135 e. The maximum absolute atomic E-state index is 14.3. The summed E-state index contributed by atoms with van der Waals surface area (Å²) < 4.78 is 28.6. The summed E-state index contributed by atoms with van der Waals surface area (Å²) in [5.41, 5.74) is 1.43. The van der Waals surface area contributed by atoms with Gasteiger partial charge in [-0.25, -0.2) is 8.78 Å². The quantitative estimate of drug-likeness (QED) is 0.776. The van der Waals surface area contributed by atoms with Crippen molar-refractivity contribution in [2.24, 2.45) is 0 Å². The highest BCUT2D eigenvalue weighted by molar-refractivity contribution is 5.81. The minimum absolute atomic E-state index is 0.114. The molecule has 2 aromatic heterocycles. The van der Waals surface area contributed by atoms with Gasteiger partial charge in [-0.1, -0.05) is 13.8 Å². The van der Waals surface area contributed by atoms with Gasteiger partial charge < -0.3 is 5.32 Å². The van der Waals surface area contributed by atoms with Crippen molar-refractivity contribution in [1.82, 2.24) is 20.5 Å². The predicted octanol–water partition coefficient (Wildman–Crippen LogP) is 3.40. The second-order valence-corrected chi connectivity index (χ2v) is 5.50. The highest BCUT2D eigenvalue weighted by atomic mass is 19.1. The van der Waals surface area contributed by atoms with Crippen LogP contribution >= 0.6 is 0 Å². The van der Waals surface area contributed by atoms with Gasteiger partial charge in [0.05, 0.1) is 29.2 Å². The third kappa shape index (κ3) is 2.82. The zero-order valence-electron chi connectivity index (χ0n) is 12.3. The number of nitrogens with zero attached hydrogens (tertiary/aromatic N) is 2. The molecule has 0 aliphatic heterocycles. The molecule has 114 valence electrons. The molecule has 0 saturated carbocycles. The van der Waals surface area contributed by atoms with Crippen molar-refractivity contribution in [1.29, 1.82) is 0 Å². The molecule has 3 aromatic rings. The Hall–Kier alpha value is -2.34. The van der Waals surface area contributed by atoms with Crippen molar-refractivity contribution >= 4 is 10.9 Å². The Labute approximate surface area is 126 Å². The minimum atomic E-state index is -0.615. The summed E-state index contributed by atoms with van der Waals surface area (Å²) >= 11 is 0. The average Bonchev–Trinajstić information content (AvgIpc) is 2.92. The Balaban J connectivity index is 1.99. The first kappa shape index (κ1) is 14.6. The van der Waals surface area contributed by atoms with Gasteiger partial charge in [0.2, 0.25) is 0 Å². The van der Waals surface area contributed by atoms with Gasteiger partial charge in [0.1, 0.15) is 11.6 Å². The highest BCUT2D eigenvalue weighted by Gasteiger charge is 2.15. The maximum atomic E-state index is 14.3. The van der Waals surface area contributed by atoms with Gasteiger partial charge in [0.15, 0.2) is 0 Å². The lowest BCUT2D eigenvalue weighted by Gasteiger charge is -2.11. The van der Waals surface area contributed by atoms with Crippen LogP contribution in [-0.4, -0.2) is 21.2 Å². The molecular formula is C16H16F2N4. The number of nitrogens with one attached hydrogen (secondary N) is 2. The Morgan fingerprint density at radius 1 is 1.14 bits per heavy atom. The third-order valence-corrected chi connectivity index (χ3v) is 3.40. The van der Waals surface area contributed by atoms with Gasteiger partial charge in [0, 0.05) is 18.0 Å². The smallest absolute Gasteiger partial charge is 0.135 e. The van der Waals surface area contributed by atoms with Crippen LogP contribution in [0.2, 0.25) is 0 Å². The van der Waals surface area contributed by atoms with Crippen molar-refractivity contribution < 1.29 is 8.78 Å². The summed E-state index contributed by atoms with van der Waals surface area (Å²) in [5, 5.41) is 10.5. The van der Waals surface area contributed by atoms with E-state index >= 15 is 0 Å². The lowest BCUT2D eigenvalue weighted by atomic mass is 10.1. The number of aromatic amines is 1. The van der Waals surface area contributed by atoms with Crippen LogP contribution in [-0.2, 0) is 6.54 Å². The molecule has 0 radical (unpaired) electrons. The van der Waals surface area contributed by atoms with E-state index in [1.165, 1.54) is 18.3 Å². The fraction of sp³-hybridized carbons (Fsp3) is 0.250. The van der Waals surface area contributed by atoms with Gasteiger partial charge in [-0.05, 0) is 23.8 Å². The SMILES string of the molecule is CC(C)NCc1cc(F)c(-c2cc3cn[nH]c3cn2)c(F)c1. The van der Waals surface area contributed by atoms with E-state index < -0.39 is 11.6 Å². The number of benzene rings is 1. The first-order chi connectivity index (χ1) is 10.5. The topological polar surface area (TPSA) is 53.6 Å². The van der Waals surface area contributed by atoms with E-state index in [4.69, 9.17) is 0 Å². The number of rotatable bonds is 4. The molecule has 4 nitrogen and oxygen atoms in total. The molecule has 2 N–H and O–H groups in total. The summed E-state index contributed by atoms with van der Waals surface area (Å²) in [7, 11) is 0. The molecule has 3 rings (SSSR count). The van der Waals surface area contributed by atoms with Crippen LogP contribution in [0.15, 0.2) is 30.6 Å². The molecule has 2 heterocycles. The van der Waals surface area contributed by atoms with Crippen LogP contribution in [0.1, 0.15) is 19.4 Å². The number of halogens is 2. The molecule has 6 heteroatoms. The molecule has 0 fully saturated rings. The number of H-pyrrole nitrogens is 1. The molecule has 0 spiro atoms. The van der Waals surface area contributed by atoms with Crippen molar-refractivity contribution in [3.8, 4) is 11.3 Å². The summed E-state index contributed by atoms with van der Waals surface area (Å²) in [6.45, 7) is 4.37. The minimum Gasteiger partial charge on any atom is -0.310 e. The van der Waals surface area contributed by atoms with E-state index in [-0.39, 0.29) is 17.3 Å². The Bertz CT molecular complexity index is 788. The molecule has 0 aliphatic rings. The lowest BCUT2D eigenvalue weighted by molar-refractivity contribution is 0.564. The first-order valence-electron chi connectivity index (χ1n) is 7.05. The standard InChI is InChI=1S/C16H16F2N4/c1-9(2)19-6-10-3-12(17)16(13(18)4-10)14-5-11-7-21-22-15(11)8-20-14/h3-5,7-9,19H,6H2,1-2H3,(H,21,22). The third-order valence-electron chi connectivity index (χ3n) is 3.40. The van der Waals surface area contributed by atoms with Crippen molar-refractivity contribution in [3.63, 3.8) is 0 Å². The number of fused-ring (bicyclic) bond motifs is 1. The molecule has 0 bridgehead atoms. The van der Waals surface area contributed by atoms with Gasteiger partial charge in [-0.15, -0.1) is 0 Å². The molecule has 0 amide bonds. The predicted molar refractivity (Wildman–Crippen MR) is 81.2 cm³/mol. The second-order valence-electron chi connectivity index (χ2n) is 5.50. The first-order valence-corrected chi connectivity index (χ1v) is 7.05. The summed E-state index contributed by atoms with van der Waals surface area (Å²) in [4.78, 5) is 4.11. The normalized spacial score (nSPS) is 11.5. The summed E-state index contributed by atoms with van der Waals surface area (Å²) in [5.74, 6) is -1.23. The number of hydrogen-bond donors (Lipinski definition) is 2. The number of pyridine rings is 1. The van der Waals surface area contributed by atoms with E-state index in [0.717, 1.165) is 10.9 Å². The Morgan fingerprint density at radius 2 is 1.86 bits per heavy atom. The van der Waals surface area contributed by atoms with Gasteiger partial charge in [0.25, 0.3) is 0 Å². The molecule has 0 unspecified atom stereocenters. The number of hydrogen-bond acceptors (Lipinski definition) is 3. The molecule has 0 atom stereocenters. The molecule has 0 aliphatic carbocycles. The van der Waals surface area contributed by atoms with Crippen LogP contribution < -0.4 is 5.32 Å². The molecular weight excluding hydrogens is 286 g/mol. The zero-order chi connectivity index (χ0) is 15.7. The largest absolute Gasteiger partial charge is 0.310 e. The van der Waals surface area contributed by atoms with Gasteiger partial charge in [-0.3, -0.25) is 10.1 Å². The monoisotopic (exact) mass is 302 g/mol. The van der Waals surface area contributed by atoms with E-state index in [1.54, 1.807) is 12.3 Å². The van der Waals surface area contributed by atoms with E-state index in [1.807, 2.05) is 13.8 Å². The van der Waals surface area contributed by atoms with Crippen molar-refractivity contribution in [3.05, 3.63) is 47.8 Å². The molecule has 22 heavy (non-hydrogen) atoms. The number of aromatic nitrogens is 3. The van der Waals surface area contributed by atoms with Crippen LogP contribution in [0, 0.1) is 11.6 Å². The molecule has 0 saturated heterocycles. The van der Waals surface area contributed by atoms with Crippen LogP contribution in [0.4, 0.5) is 8.78 Å². The zero-order valence-corrected chi connectivity index (χ0v) is 12.3. The fourth-order valence-corrected chi connectivity index (χ4v) is 2.27. The molecule has 1 aromatic carbocycles. The van der Waals surface area contributed by atoms with Crippen LogP contribution in [0.3, 0.4) is 0 Å². The van der Waals surface area contributed by atoms with E-state index in [0.29, 0.717) is 12.1 Å². The highest BCUT2D eigenvalue weighted by Crippen LogP contribution is 2.27. The summed E-state index contributed by atoms with van der Waals surface area (Å²) in [6.07, 6.45) is 3.11. The van der Waals surface area contributed by atoms with E-state index in [9.17, 15) is 8.78 Å². The Kier molecular flexibility index (Phi) is 3.85.